The molecule has 1 saturated heterocycles. The predicted octanol–water partition coefficient (Wildman–Crippen LogP) is 2.68. The van der Waals surface area contributed by atoms with Gasteiger partial charge in [-0.15, -0.1) is 0 Å². The SMILES string of the molecule is C=CC(=O)N1CCC(C(=O)Nc2ccc(-n3cc(C)cn3)c(F)c2)CC1. The molecule has 0 bridgehead atoms. The van der Waals surface area contributed by atoms with Gasteiger partial charge in [-0.3, -0.25) is 9.59 Å². The maximum atomic E-state index is 14.4. The lowest BCUT2D eigenvalue weighted by Gasteiger charge is -2.30. The molecule has 2 heterocycles. The number of rotatable bonds is 4. The number of anilines is 1. The van der Waals surface area contributed by atoms with Crippen molar-refractivity contribution in [1.82, 2.24) is 14.7 Å². The molecule has 1 aromatic heterocycles. The number of aryl methyl sites for hydroxylation is 1. The molecule has 2 amide bonds. The van der Waals surface area contributed by atoms with Gasteiger partial charge < -0.3 is 10.2 Å². The van der Waals surface area contributed by atoms with Crippen molar-refractivity contribution >= 4 is 17.5 Å². The molecule has 1 aliphatic rings. The second-order valence-electron chi connectivity index (χ2n) is 6.42. The molecule has 1 fully saturated rings. The number of piperidine rings is 1. The number of halogens is 1. The Hall–Kier alpha value is -2.96. The summed E-state index contributed by atoms with van der Waals surface area (Å²) in [4.78, 5) is 25.7. The van der Waals surface area contributed by atoms with Gasteiger partial charge in [-0.05, 0) is 49.6 Å². The highest BCUT2D eigenvalue weighted by Crippen LogP contribution is 2.22. The summed E-state index contributed by atoms with van der Waals surface area (Å²) in [5, 5.41) is 6.85. The second-order valence-corrected chi connectivity index (χ2v) is 6.42. The van der Waals surface area contributed by atoms with Crippen LogP contribution in [0.5, 0.6) is 0 Å². The topological polar surface area (TPSA) is 67.2 Å². The minimum atomic E-state index is -0.461. The number of benzene rings is 1. The normalized spacial score (nSPS) is 14.9. The van der Waals surface area contributed by atoms with Gasteiger partial charge >= 0.3 is 0 Å². The Kier molecular flexibility index (Phi) is 5.16. The highest BCUT2D eigenvalue weighted by molar-refractivity contribution is 5.93. The molecule has 0 radical (unpaired) electrons. The van der Waals surface area contributed by atoms with Crippen LogP contribution in [-0.4, -0.2) is 39.6 Å². The summed E-state index contributed by atoms with van der Waals surface area (Å²) >= 11 is 0. The fourth-order valence-corrected chi connectivity index (χ4v) is 3.05. The molecule has 0 saturated carbocycles. The number of nitrogens with one attached hydrogen (secondary N) is 1. The fourth-order valence-electron chi connectivity index (χ4n) is 3.05. The van der Waals surface area contributed by atoms with Gasteiger partial charge in [0.25, 0.3) is 0 Å². The van der Waals surface area contributed by atoms with E-state index in [1.54, 1.807) is 29.4 Å². The van der Waals surface area contributed by atoms with Crippen LogP contribution in [-0.2, 0) is 9.59 Å². The first-order valence-electron chi connectivity index (χ1n) is 8.51. The van der Waals surface area contributed by atoms with Gasteiger partial charge in [0, 0.05) is 30.9 Å². The van der Waals surface area contributed by atoms with E-state index in [0.717, 1.165) is 5.56 Å². The first kappa shape index (κ1) is 17.8. The van der Waals surface area contributed by atoms with E-state index in [1.807, 2.05) is 6.92 Å². The van der Waals surface area contributed by atoms with Crippen molar-refractivity contribution in [3.05, 3.63) is 54.6 Å². The lowest BCUT2D eigenvalue weighted by molar-refractivity contribution is -0.130. The molecule has 1 aliphatic heterocycles. The summed E-state index contributed by atoms with van der Waals surface area (Å²) in [6.07, 6.45) is 5.83. The van der Waals surface area contributed by atoms with E-state index in [9.17, 15) is 14.0 Å². The number of nitrogens with zero attached hydrogens (tertiary/aromatic N) is 3. The van der Waals surface area contributed by atoms with Crippen molar-refractivity contribution in [3.8, 4) is 5.69 Å². The van der Waals surface area contributed by atoms with E-state index in [1.165, 1.54) is 16.8 Å². The van der Waals surface area contributed by atoms with E-state index in [0.29, 0.717) is 37.3 Å². The Bertz CT molecular complexity index is 838. The standard InChI is InChI=1S/C19H21FN4O2/c1-3-18(25)23-8-6-14(7-9-23)19(26)22-15-4-5-17(16(20)10-15)24-12-13(2)11-21-24/h3-5,10-12,14H,1,6-9H2,2H3,(H,22,26). The monoisotopic (exact) mass is 356 g/mol. The number of carbonyl (C=O) groups excluding carboxylic acids is 2. The van der Waals surface area contributed by atoms with Crippen LogP contribution in [0.3, 0.4) is 0 Å². The van der Waals surface area contributed by atoms with Crippen LogP contribution in [0, 0.1) is 18.7 Å². The second kappa shape index (κ2) is 7.51. The molecule has 0 unspecified atom stereocenters. The zero-order chi connectivity index (χ0) is 18.7. The highest BCUT2D eigenvalue weighted by Gasteiger charge is 2.26. The van der Waals surface area contributed by atoms with E-state index in [-0.39, 0.29) is 17.7 Å². The van der Waals surface area contributed by atoms with Gasteiger partial charge in [0.2, 0.25) is 11.8 Å². The molecular formula is C19H21FN4O2. The summed E-state index contributed by atoms with van der Waals surface area (Å²) in [7, 11) is 0. The van der Waals surface area contributed by atoms with E-state index < -0.39 is 5.82 Å². The fraction of sp³-hybridized carbons (Fsp3) is 0.316. The molecule has 0 aliphatic carbocycles. The van der Waals surface area contributed by atoms with Gasteiger partial charge in [-0.2, -0.15) is 5.10 Å². The number of amides is 2. The quantitative estimate of drug-likeness (QED) is 0.857. The summed E-state index contributed by atoms with van der Waals surface area (Å²) in [5.74, 6) is -0.925. The number of hydrogen-bond donors (Lipinski definition) is 1. The van der Waals surface area contributed by atoms with Gasteiger partial charge in [0.1, 0.15) is 5.69 Å². The van der Waals surface area contributed by atoms with Gasteiger partial charge in [0.15, 0.2) is 5.82 Å². The number of aromatic nitrogens is 2. The molecule has 1 N–H and O–H groups in total. The number of hydrogen-bond acceptors (Lipinski definition) is 3. The molecule has 0 atom stereocenters. The Labute approximate surface area is 151 Å². The van der Waals surface area contributed by atoms with Crippen molar-refractivity contribution in [2.75, 3.05) is 18.4 Å². The van der Waals surface area contributed by atoms with Crippen molar-refractivity contribution in [2.45, 2.75) is 19.8 Å². The first-order chi connectivity index (χ1) is 12.5. The number of carbonyl (C=O) groups is 2. The summed E-state index contributed by atoms with van der Waals surface area (Å²) in [6, 6.07) is 4.53. The summed E-state index contributed by atoms with van der Waals surface area (Å²) in [5.41, 5.74) is 1.67. The van der Waals surface area contributed by atoms with Crippen LogP contribution in [0.15, 0.2) is 43.2 Å². The van der Waals surface area contributed by atoms with Crippen molar-refractivity contribution in [2.24, 2.45) is 5.92 Å². The Morgan fingerprint density at radius 1 is 1.35 bits per heavy atom. The van der Waals surface area contributed by atoms with Crippen molar-refractivity contribution in [1.29, 1.82) is 0 Å². The first-order valence-corrected chi connectivity index (χ1v) is 8.51. The lowest BCUT2D eigenvalue weighted by Crippen LogP contribution is -2.40. The zero-order valence-corrected chi connectivity index (χ0v) is 14.6. The molecule has 2 aromatic rings. The van der Waals surface area contributed by atoms with E-state index >= 15 is 0 Å². The molecular weight excluding hydrogens is 335 g/mol. The van der Waals surface area contributed by atoms with Gasteiger partial charge in [0.05, 0.1) is 6.20 Å². The van der Waals surface area contributed by atoms with Crippen LogP contribution < -0.4 is 5.32 Å². The van der Waals surface area contributed by atoms with Crippen LogP contribution in [0.2, 0.25) is 0 Å². The van der Waals surface area contributed by atoms with Gasteiger partial charge in [-0.25, -0.2) is 9.07 Å². The zero-order valence-electron chi connectivity index (χ0n) is 14.6. The third-order valence-electron chi connectivity index (χ3n) is 4.53. The largest absolute Gasteiger partial charge is 0.339 e. The highest BCUT2D eigenvalue weighted by atomic mass is 19.1. The van der Waals surface area contributed by atoms with Crippen molar-refractivity contribution in [3.63, 3.8) is 0 Å². The van der Waals surface area contributed by atoms with Gasteiger partial charge in [-0.1, -0.05) is 6.58 Å². The minimum absolute atomic E-state index is 0.115. The minimum Gasteiger partial charge on any atom is -0.339 e. The Morgan fingerprint density at radius 3 is 2.65 bits per heavy atom. The van der Waals surface area contributed by atoms with Crippen molar-refractivity contribution < 1.29 is 14.0 Å². The van der Waals surface area contributed by atoms with Crippen LogP contribution in [0.25, 0.3) is 5.69 Å². The maximum Gasteiger partial charge on any atom is 0.245 e. The molecule has 6 nitrogen and oxygen atoms in total. The molecule has 1 aromatic carbocycles. The summed E-state index contributed by atoms with van der Waals surface area (Å²) < 4.78 is 15.8. The molecule has 26 heavy (non-hydrogen) atoms. The van der Waals surface area contributed by atoms with Crippen LogP contribution in [0.1, 0.15) is 18.4 Å². The average Bonchev–Trinajstić information content (AvgIpc) is 3.07. The van der Waals surface area contributed by atoms with Crippen LogP contribution in [0.4, 0.5) is 10.1 Å². The van der Waals surface area contributed by atoms with E-state index in [4.69, 9.17) is 0 Å². The Balaban J connectivity index is 1.62. The Morgan fingerprint density at radius 2 is 2.08 bits per heavy atom. The molecule has 7 heteroatoms. The molecule has 0 spiro atoms. The molecule has 3 rings (SSSR count). The maximum absolute atomic E-state index is 14.4. The van der Waals surface area contributed by atoms with Crippen LogP contribution >= 0.6 is 0 Å². The average molecular weight is 356 g/mol. The number of likely N-dealkylation sites (tertiary alicyclic amines) is 1. The van der Waals surface area contributed by atoms with E-state index in [2.05, 4.69) is 17.0 Å². The third kappa shape index (κ3) is 3.82. The molecule has 136 valence electrons. The predicted molar refractivity (Wildman–Crippen MR) is 96.4 cm³/mol. The smallest absolute Gasteiger partial charge is 0.245 e. The lowest BCUT2D eigenvalue weighted by atomic mass is 9.95. The summed E-state index contributed by atoms with van der Waals surface area (Å²) in [6.45, 7) is 6.40. The third-order valence-corrected chi connectivity index (χ3v) is 4.53.